The lowest BCUT2D eigenvalue weighted by molar-refractivity contribution is 0.194. The van der Waals surface area contributed by atoms with Crippen LogP contribution in [0.25, 0.3) is 0 Å². The molecule has 94 valence electrons. The van der Waals surface area contributed by atoms with Gasteiger partial charge in [0.1, 0.15) is 0 Å². The van der Waals surface area contributed by atoms with E-state index in [0.717, 1.165) is 17.8 Å². The molecule has 2 aromatic heterocycles. The summed E-state index contributed by atoms with van der Waals surface area (Å²) >= 11 is 0. The Labute approximate surface area is 107 Å². The van der Waals surface area contributed by atoms with E-state index in [1.165, 1.54) is 0 Å². The minimum Gasteiger partial charge on any atom is -0.387 e. The van der Waals surface area contributed by atoms with E-state index in [4.69, 9.17) is 0 Å². The molecule has 0 radical (unpaired) electrons. The van der Waals surface area contributed by atoms with Gasteiger partial charge in [0.15, 0.2) is 0 Å². The highest BCUT2D eigenvalue weighted by atomic mass is 16.3. The molecular weight excluding hydrogens is 226 g/mol. The minimum absolute atomic E-state index is 0.525. The Morgan fingerprint density at radius 2 is 2.11 bits per heavy atom. The van der Waals surface area contributed by atoms with E-state index in [0.29, 0.717) is 5.69 Å². The molecule has 0 amide bonds. The highest BCUT2D eigenvalue weighted by Crippen LogP contribution is 2.16. The fourth-order valence-electron chi connectivity index (χ4n) is 1.73. The predicted octanol–water partition coefficient (Wildman–Crippen LogP) is 2.17. The Hall–Kier alpha value is -1.94. The molecule has 4 nitrogen and oxygen atoms in total. The van der Waals surface area contributed by atoms with E-state index in [1.54, 1.807) is 19.3 Å². The predicted molar refractivity (Wildman–Crippen MR) is 71.2 cm³/mol. The van der Waals surface area contributed by atoms with Gasteiger partial charge in [-0.25, -0.2) is 0 Å². The monoisotopic (exact) mass is 243 g/mol. The lowest BCUT2D eigenvalue weighted by Gasteiger charge is -2.19. The Bertz CT molecular complexity index is 482. The molecule has 0 spiro atoms. The second-order valence-corrected chi connectivity index (χ2v) is 4.33. The van der Waals surface area contributed by atoms with Crippen molar-refractivity contribution in [2.24, 2.45) is 0 Å². The summed E-state index contributed by atoms with van der Waals surface area (Å²) in [5.74, 6) is 0. The van der Waals surface area contributed by atoms with Crippen molar-refractivity contribution in [3.8, 4) is 0 Å². The number of hydrogen-bond acceptors (Lipinski definition) is 4. The first-order chi connectivity index (χ1) is 8.66. The van der Waals surface area contributed by atoms with E-state index in [9.17, 15) is 5.11 Å². The van der Waals surface area contributed by atoms with Gasteiger partial charge in [0.25, 0.3) is 0 Å². The van der Waals surface area contributed by atoms with Crippen LogP contribution >= 0.6 is 0 Å². The zero-order valence-electron chi connectivity index (χ0n) is 10.6. The quantitative estimate of drug-likeness (QED) is 0.894. The number of hydrogen-bond donors (Lipinski definition) is 1. The van der Waals surface area contributed by atoms with E-state index < -0.39 is 6.10 Å². The smallest absolute Gasteiger partial charge is 0.0931 e. The fourth-order valence-corrected chi connectivity index (χ4v) is 1.73. The molecule has 0 bridgehead atoms. The maximum atomic E-state index is 9.40. The zero-order chi connectivity index (χ0) is 13.0. The number of aromatic nitrogens is 2. The number of pyridine rings is 2. The third-order valence-corrected chi connectivity index (χ3v) is 2.78. The number of aliphatic hydroxyl groups is 1. The summed E-state index contributed by atoms with van der Waals surface area (Å²) in [6.45, 7) is 2.49. The number of aliphatic hydroxyl groups excluding tert-OH is 1. The van der Waals surface area contributed by atoms with E-state index in [-0.39, 0.29) is 0 Å². The molecule has 0 saturated heterocycles. The third kappa shape index (κ3) is 3.05. The number of nitrogens with zero attached hydrogens (tertiary/aromatic N) is 3. The highest BCUT2D eigenvalue weighted by Gasteiger charge is 2.05. The normalized spacial score (nSPS) is 12.2. The Kier molecular flexibility index (Phi) is 3.89. The maximum Gasteiger partial charge on any atom is 0.0931 e. The Morgan fingerprint density at radius 3 is 2.67 bits per heavy atom. The van der Waals surface area contributed by atoms with Crippen LogP contribution in [-0.4, -0.2) is 22.1 Å². The summed E-state index contributed by atoms with van der Waals surface area (Å²) in [7, 11) is 2.01. The van der Waals surface area contributed by atoms with Gasteiger partial charge in [0.05, 0.1) is 23.7 Å². The van der Waals surface area contributed by atoms with Gasteiger partial charge in [-0.2, -0.15) is 0 Å². The van der Waals surface area contributed by atoms with Crippen LogP contribution in [0, 0.1) is 0 Å². The van der Waals surface area contributed by atoms with Crippen LogP contribution in [0.4, 0.5) is 5.69 Å². The molecule has 1 atom stereocenters. The van der Waals surface area contributed by atoms with Crippen molar-refractivity contribution in [1.29, 1.82) is 0 Å². The van der Waals surface area contributed by atoms with Crippen LogP contribution < -0.4 is 4.90 Å². The second-order valence-electron chi connectivity index (χ2n) is 4.33. The molecule has 1 N–H and O–H groups in total. The van der Waals surface area contributed by atoms with Crippen LogP contribution in [0.3, 0.4) is 0 Å². The molecule has 0 aromatic carbocycles. The van der Waals surface area contributed by atoms with E-state index in [1.807, 2.05) is 37.5 Å². The summed E-state index contributed by atoms with van der Waals surface area (Å²) in [4.78, 5) is 10.4. The summed E-state index contributed by atoms with van der Waals surface area (Å²) in [5.41, 5.74) is 2.86. The third-order valence-electron chi connectivity index (χ3n) is 2.78. The van der Waals surface area contributed by atoms with E-state index in [2.05, 4.69) is 14.9 Å². The molecule has 2 aromatic rings. The molecule has 0 aliphatic rings. The van der Waals surface area contributed by atoms with Gasteiger partial charge in [-0.3, -0.25) is 9.97 Å². The summed E-state index contributed by atoms with van der Waals surface area (Å²) in [6, 6.07) is 7.78. The van der Waals surface area contributed by atoms with Crippen LogP contribution in [0.2, 0.25) is 0 Å². The van der Waals surface area contributed by atoms with Gasteiger partial charge in [-0.1, -0.05) is 6.07 Å². The van der Waals surface area contributed by atoms with Crippen LogP contribution in [-0.2, 0) is 6.54 Å². The lowest BCUT2D eigenvalue weighted by atomic mass is 10.2. The van der Waals surface area contributed by atoms with Gasteiger partial charge in [-0.05, 0) is 30.7 Å². The summed E-state index contributed by atoms with van der Waals surface area (Å²) in [6.07, 6.45) is 4.87. The first-order valence-electron chi connectivity index (χ1n) is 5.91. The molecule has 2 rings (SSSR count). The minimum atomic E-state index is -0.525. The van der Waals surface area contributed by atoms with Crippen molar-refractivity contribution < 1.29 is 5.11 Å². The van der Waals surface area contributed by atoms with Crippen molar-refractivity contribution in [2.45, 2.75) is 19.6 Å². The van der Waals surface area contributed by atoms with Gasteiger partial charge < -0.3 is 10.0 Å². The molecule has 2 heterocycles. The topological polar surface area (TPSA) is 49.2 Å². The average molecular weight is 243 g/mol. The zero-order valence-corrected chi connectivity index (χ0v) is 10.6. The van der Waals surface area contributed by atoms with Gasteiger partial charge in [0, 0.05) is 26.0 Å². The van der Waals surface area contributed by atoms with Gasteiger partial charge in [0.2, 0.25) is 0 Å². The molecule has 0 unspecified atom stereocenters. The van der Waals surface area contributed by atoms with E-state index >= 15 is 0 Å². The largest absolute Gasteiger partial charge is 0.387 e. The molecule has 0 aliphatic carbocycles. The Balaban J connectivity index is 2.07. The standard InChI is InChI=1S/C14H17N3O/c1-11(18)14-6-5-13(9-16-14)17(2)10-12-4-3-7-15-8-12/h3-9,11,18H,10H2,1-2H3/t11-/m1/s1. The van der Waals surface area contributed by atoms with Crippen LogP contribution in [0.5, 0.6) is 0 Å². The molecular formula is C14H17N3O. The lowest BCUT2D eigenvalue weighted by Crippen LogP contribution is -2.16. The summed E-state index contributed by atoms with van der Waals surface area (Å²) in [5, 5.41) is 9.40. The first-order valence-corrected chi connectivity index (χ1v) is 5.91. The van der Waals surface area contributed by atoms with Crippen LogP contribution in [0.1, 0.15) is 24.3 Å². The first kappa shape index (κ1) is 12.5. The van der Waals surface area contributed by atoms with Crippen molar-refractivity contribution >= 4 is 5.69 Å². The summed E-state index contributed by atoms with van der Waals surface area (Å²) < 4.78 is 0. The van der Waals surface area contributed by atoms with Gasteiger partial charge >= 0.3 is 0 Å². The Morgan fingerprint density at radius 1 is 1.28 bits per heavy atom. The van der Waals surface area contributed by atoms with Crippen molar-refractivity contribution in [1.82, 2.24) is 9.97 Å². The molecule has 0 aliphatic heterocycles. The SMILES string of the molecule is C[C@@H](O)c1ccc(N(C)Cc2cccnc2)cn1. The highest BCUT2D eigenvalue weighted by molar-refractivity contribution is 5.44. The fraction of sp³-hybridized carbons (Fsp3) is 0.286. The number of rotatable bonds is 4. The molecule has 0 saturated carbocycles. The number of anilines is 1. The molecule has 18 heavy (non-hydrogen) atoms. The average Bonchev–Trinajstić information content (AvgIpc) is 2.40. The van der Waals surface area contributed by atoms with Crippen molar-refractivity contribution in [3.63, 3.8) is 0 Å². The van der Waals surface area contributed by atoms with Crippen LogP contribution in [0.15, 0.2) is 42.9 Å². The van der Waals surface area contributed by atoms with Gasteiger partial charge in [-0.15, -0.1) is 0 Å². The second kappa shape index (κ2) is 5.60. The van der Waals surface area contributed by atoms with Crippen molar-refractivity contribution in [3.05, 3.63) is 54.1 Å². The molecule has 4 heteroatoms. The van der Waals surface area contributed by atoms with Crippen molar-refractivity contribution in [2.75, 3.05) is 11.9 Å². The maximum absolute atomic E-state index is 9.40. The molecule has 0 fully saturated rings.